The number of aliphatic hydroxyl groups excluding tert-OH is 1. The highest BCUT2D eigenvalue weighted by molar-refractivity contribution is 4.99. The zero-order valence-electron chi connectivity index (χ0n) is 9.30. The van der Waals surface area contributed by atoms with Crippen molar-refractivity contribution in [2.45, 2.75) is 32.0 Å². The lowest BCUT2D eigenvalue weighted by Crippen LogP contribution is -2.13. The summed E-state index contributed by atoms with van der Waals surface area (Å²) in [6, 6.07) is 0. The molecule has 0 saturated heterocycles. The zero-order valence-corrected chi connectivity index (χ0v) is 9.30. The summed E-state index contributed by atoms with van der Waals surface area (Å²) in [7, 11) is 0. The van der Waals surface area contributed by atoms with Crippen molar-refractivity contribution in [1.82, 2.24) is 10.1 Å². The van der Waals surface area contributed by atoms with Gasteiger partial charge < -0.3 is 20.1 Å². The fourth-order valence-electron chi connectivity index (χ4n) is 1.60. The molecule has 1 aromatic rings. The summed E-state index contributed by atoms with van der Waals surface area (Å²) in [5, 5.41) is 13.3. The summed E-state index contributed by atoms with van der Waals surface area (Å²) < 4.78 is 10.5. The fourth-order valence-corrected chi connectivity index (χ4v) is 1.60. The van der Waals surface area contributed by atoms with E-state index in [1.54, 1.807) is 0 Å². The van der Waals surface area contributed by atoms with E-state index in [2.05, 4.69) is 10.1 Å². The minimum Gasteiger partial charge on any atom is -0.382 e. The van der Waals surface area contributed by atoms with Crippen LogP contribution in [0.1, 0.15) is 43.7 Å². The van der Waals surface area contributed by atoms with Gasteiger partial charge in [0.15, 0.2) is 0 Å². The first-order valence-electron chi connectivity index (χ1n) is 5.59. The second kappa shape index (κ2) is 4.90. The van der Waals surface area contributed by atoms with Gasteiger partial charge in [-0.05, 0) is 25.7 Å². The number of hydrogen-bond acceptors (Lipinski definition) is 6. The van der Waals surface area contributed by atoms with Crippen LogP contribution in [0, 0.1) is 5.92 Å². The van der Waals surface area contributed by atoms with Gasteiger partial charge in [-0.2, -0.15) is 4.98 Å². The number of nitrogens with zero attached hydrogens (tertiary/aromatic N) is 2. The van der Waals surface area contributed by atoms with E-state index in [9.17, 15) is 5.11 Å². The Hall–Kier alpha value is -0.980. The lowest BCUT2D eigenvalue weighted by Gasteiger charge is -2.11. The number of hydrogen-bond donors (Lipinski definition) is 2. The van der Waals surface area contributed by atoms with Crippen LogP contribution in [0.3, 0.4) is 0 Å². The molecular formula is C10H17N3O3. The van der Waals surface area contributed by atoms with Crippen molar-refractivity contribution in [3.8, 4) is 0 Å². The van der Waals surface area contributed by atoms with Gasteiger partial charge in [0.2, 0.25) is 5.82 Å². The minimum atomic E-state index is -0.886. The van der Waals surface area contributed by atoms with Crippen LogP contribution in [0.4, 0.5) is 0 Å². The van der Waals surface area contributed by atoms with Gasteiger partial charge >= 0.3 is 0 Å². The van der Waals surface area contributed by atoms with E-state index in [1.807, 2.05) is 6.92 Å². The Kier molecular flexibility index (Phi) is 3.52. The first-order chi connectivity index (χ1) is 7.76. The Morgan fingerprint density at radius 2 is 2.38 bits per heavy atom. The van der Waals surface area contributed by atoms with Crippen LogP contribution in [-0.2, 0) is 4.74 Å². The van der Waals surface area contributed by atoms with Gasteiger partial charge in [0.1, 0.15) is 12.2 Å². The maximum atomic E-state index is 9.45. The average molecular weight is 227 g/mol. The molecule has 0 aliphatic heterocycles. The SMILES string of the molecule is CCOC(c1noc(C(O)CN)n1)C1CC1. The van der Waals surface area contributed by atoms with Gasteiger partial charge in [0.25, 0.3) is 5.89 Å². The van der Waals surface area contributed by atoms with E-state index in [0.29, 0.717) is 18.3 Å². The molecule has 90 valence electrons. The van der Waals surface area contributed by atoms with Crippen LogP contribution in [0.25, 0.3) is 0 Å². The molecule has 6 nitrogen and oxygen atoms in total. The third kappa shape index (κ3) is 2.40. The van der Waals surface area contributed by atoms with Gasteiger partial charge in [-0.25, -0.2) is 0 Å². The Labute approximate surface area is 93.8 Å². The van der Waals surface area contributed by atoms with Crippen molar-refractivity contribution >= 4 is 0 Å². The molecule has 0 amide bonds. The predicted molar refractivity (Wildman–Crippen MR) is 55.4 cm³/mol. The van der Waals surface area contributed by atoms with E-state index in [1.165, 1.54) is 0 Å². The van der Waals surface area contributed by atoms with E-state index >= 15 is 0 Å². The van der Waals surface area contributed by atoms with Crippen LogP contribution < -0.4 is 5.73 Å². The molecular weight excluding hydrogens is 210 g/mol. The van der Waals surface area contributed by atoms with Crippen molar-refractivity contribution in [3.05, 3.63) is 11.7 Å². The molecule has 2 unspecified atom stereocenters. The van der Waals surface area contributed by atoms with Gasteiger partial charge in [-0.15, -0.1) is 0 Å². The lowest BCUT2D eigenvalue weighted by molar-refractivity contribution is 0.0384. The summed E-state index contributed by atoms with van der Waals surface area (Å²) in [5.74, 6) is 1.18. The number of aliphatic hydroxyl groups is 1. The summed E-state index contributed by atoms with van der Waals surface area (Å²) in [5.41, 5.74) is 5.31. The van der Waals surface area contributed by atoms with Gasteiger partial charge in [-0.1, -0.05) is 5.16 Å². The molecule has 1 saturated carbocycles. The molecule has 1 heterocycles. The molecule has 1 fully saturated rings. The first kappa shape index (κ1) is 11.5. The van der Waals surface area contributed by atoms with E-state index in [0.717, 1.165) is 12.8 Å². The van der Waals surface area contributed by atoms with Crippen LogP contribution in [-0.4, -0.2) is 28.4 Å². The number of rotatable bonds is 6. The van der Waals surface area contributed by atoms with Gasteiger partial charge in [0.05, 0.1) is 0 Å². The highest BCUT2D eigenvalue weighted by Crippen LogP contribution is 2.42. The predicted octanol–water partition coefficient (Wildman–Crippen LogP) is 0.549. The van der Waals surface area contributed by atoms with Crippen LogP contribution in [0.2, 0.25) is 0 Å². The Morgan fingerprint density at radius 1 is 1.62 bits per heavy atom. The largest absolute Gasteiger partial charge is 0.382 e. The molecule has 0 spiro atoms. The third-order valence-electron chi connectivity index (χ3n) is 2.62. The average Bonchev–Trinajstić information content (AvgIpc) is 3.02. The Morgan fingerprint density at radius 3 is 2.94 bits per heavy atom. The molecule has 0 bridgehead atoms. The maximum absolute atomic E-state index is 9.45. The molecule has 0 radical (unpaired) electrons. The van der Waals surface area contributed by atoms with Crippen molar-refractivity contribution in [2.24, 2.45) is 11.7 Å². The standard InChI is InChI=1S/C10H17N3O3/c1-2-15-8(6-3-4-6)9-12-10(16-13-9)7(14)5-11/h6-8,14H,2-5,11H2,1H3. The van der Waals surface area contributed by atoms with Crippen molar-refractivity contribution < 1.29 is 14.4 Å². The van der Waals surface area contributed by atoms with E-state index in [4.69, 9.17) is 15.0 Å². The Bertz CT molecular complexity index is 338. The Balaban J connectivity index is 2.09. The fraction of sp³-hybridized carbons (Fsp3) is 0.800. The molecule has 1 aliphatic rings. The molecule has 2 rings (SSSR count). The summed E-state index contributed by atoms with van der Waals surface area (Å²) in [6.45, 7) is 2.62. The minimum absolute atomic E-state index is 0.0738. The van der Waals surface area contributed by atoms with E-state index in [-0.39, 0.29) is 18.5 Å². The van der Waals surface area contributed by atoms with E-state index < -0.39 is 6.10 Å². The second-order valence-electron chi connectivity index (χ2n) is 3.96. The topological polar surface area (TPSA) is 94.4 Å². The molecule has 1 aliphatic carbocycles. The first-order valence-corrected chi connectivity index (χ1v) is 5.59. The van der Waals surface area contributed by atoms with Gasteiger partial charge in [-0.3, -0.25) is 0 Å². The number of ether oxygens (including phenoxy) is 1. The lowest BCUT2D eigenvalue weighted by atomic mass is 10.2. The maximum Gasteiger partial charge on any atom is 0.256 e. The number of nitrogens with two attached hydrogens (primary N) is 1. The normalized spacial score (nSPS) is 19.7. The highest BCUT2D eigenvalue weighted by atomic mass is 16.5. The van der Waals surface area contributed by atoms with Crippen molar-refractivity contribution in [3.63, 3.8) is 0 Å². The zero-order chi connectivity index (χ0) is 11.5. The monoisotopic (exact) mass is 227 g/mol. The van der Waals surface area contributed by atoms with Crippen LogP contribution in [0.5, 0.6) is 0 Å². The highest BCUT2D eigenvalue weighted by Gasteiger charge is 2.36. The summed E-state index contributed by atoms with van der Waals surface area (Å²) in [4.78, 5) is 4.13. The van der Waals surface area contributed by atoms with Gasteiger partial charge in [0, 0.05) is 13.2 Å². The van der Waals surface area contributed by atoms with Crippen LogP contribution in [0.15, 0.2) is 4.52 Å². The summed E-state index contributed by atoms with van der Waals surface area (Å²) >= 11 is 0. The smallest absolute Gasteiger partial charge is 0.256 e. The molecule has 1 aromatic heterocycles. The molecule has 3 N–H and O–H groups in total. The summed E-state index contributed by atoms with van der Waals surface area (Å²) in [6.07, 6.45) is 1.28. The quantitative estimate of drug-likeness (QED) is 0.737. The van der Waals surface area contributed by atoms with Crippen LogP contribution >= 0.6 is 0 Å². The van der Waals surface area contributed by atoms with Crippen molar-refractivity contribution in [1.29, 1.82) is 0 Å². The molecule has 16 heavy (non-hydrogen) atoms. The number of aromatic nitrogens is 2. The third-order valence-corrected chi connectivity index (χ3v) is 2.62. The second-order valence-corrected chi connectivity index (χ2v) is 3.96. The molecule has 2 atom stereocenters. The molecule has 0 aromatic carbocycles. The molecule has 6 heteroatoms. The van der Waals surface area contributed by atoms with Crippen molar-refractivity contribution in [2.75, 3.05) is 13.2 Å².